The van der Waals surface area contributed by atoms with Crippen LogP contribution < -0.4 is 10.1 Å². The van der Waals surface area contributed by atoms with Crippen molar-refractivity contribution in [1.29, 1.82) is 0 Å². The number of aryl methyl sites for hydroxylation is 1. The van der Waals surface area contributed by atoms with E-state index in [9.17, 15) is 0 Å². The number of benzene rings is 1. The van der Waals surface area contributed by atoms with Gasteiger partial charge in [-0.3, -0.25) is 0 Å². The fourth-order valence-electron chi connectivity index (χ4n) is 1.76. The first-order valence-electron chi connectivity index (χ1n) is 6.59. The van der Waals surface area contributed by atoms with Crippen LogP contribution in [0.4, 0.5) is 0 Å². The molecule has 0 saturated carbocycles. The third-order valence-corrected chi connectivity index (χ3v) is 3.89. The lowest BCUT2D eigenvalue weighted by Gasteiger charge is -2.11. The van der Waals surface area contributed by atoms with Gasteiger partial charge in [-0.1, -0.05) is 18.2 Å². The van der Waals surface area contributed by atoms with Crippen LogP contribution in [0.5, 0.6) is 5.75 Å². The minimum absolute atomic E-state index is 0.315. The Hall–Kier alpha value is -1.39. The van der Waals surface area contributed by atoms with Crippen molar-refractivity contribution in [3.8, 4) is 5.75 Å². The SMILES string of the molecule is Cc1cnc(C(C)NCCCOc2ccccc2)s1. The van der Waals surface area contributed by atoms with Crippen LogP contribution in [0.1, 0.15) is 29.3 Å². The molecule has 1 atom stereocenters. The van der Waals surface area contributed by atoms with E-state index < -0.39 is 0 Å². The third kappa shape index (κ3) is 4.65. The molecule has 0 radical (unpaired) electrons. The minimum Gasteiger partial charge on any atom is -0.494 e. The number of aromatic nitrogens is 1. The molecule has 0 fully saturated rings. The van der Waals surface area contributed by atoms with Crippen molar-refractivity contribution in [2.75, 3.05) is 13.2 Å². The monoisotopic (exact) mass is 276 g/mol. The Balaban J connectivity index is 1.62. The van der Waals surface area contributed by atoms with Gasteiger partial charge < -0.3 is 10.1 Å². The summed E-state index contributed by atoms with van der Waals surface area (Å²) in [5.74, 6) is 0.936. The molecule has 2 rings (SSSR count). The Labute approximate surface area is 118 Å². The lowest BCUT2D eigenvalue weighted by molar-refractivity contribution is 0.305. The summed E-state index contributed by atoms with van der Waals surface area (Å²) in [6.45, 7) is 5.91. The number of hydrogen-bond acceptors (Lipinski definition) is 4. The molecule has 3 nitrogen and oxygen atoms in total. The number of para-hydroxylation sites is 1. The summed E-state index contributed by atoms with van der Waals surface area (Å²) in [7, 11) is 0. The van der Waals surface area contributed by atoms with Crippen LogP contribution in [-0.2, 0) is 0 Å². The molecule has 1 aromatic heterocycles. The van der Waals surface area contributed by atoms with Gasteiger partial charge in [-0.2, -0.15) is 0 Å². The summed E-state index contributed by atoms with van der Waals surface area (Å²) < 4.78 is 5.64. The zero-order valence-corrected chi connectivity index (χ0v) is 12.2. The van der Waals surface area contributed by atoms with Crippen molar-refractivity contribution < 1.29 is 4.74 Å². The van der Waals surface area contributed by atoms with Gasteiger partial charge in [0, 0.05) is 11.1 Å². The van der Waals surface area contributed by atoms with Crippen molar-refractivity contribution in [1.82, 2.24) is 10.3 Å². The normalized spacial score (nSPS) is 12.3. The maximum Gasteiger partial charge on any atom is 0.119 e. The summed E-state index contributed by atoms with van der Waals surface area (Å²) in [5, 5.41) is 4.62. The highest BCUT2D eigenvalue weighted by Gasteiger charge is 2.07. The van der Waals surface area contributed by atoms with Crippen LogP contribution >= 0.6 is 11.3 Å². The van der Waals surface area contributed by atoms with Gasteiger partial charge >= 0.3 is 0 Å². The summed E-state index contributed by atoms with van der Waals surface area (Å²) in [6.07, 6.45) is 2.92. The topological polar surface area (TPSA) is 34.2 Å². The molecule has 1 heterocycles. The molecule has 0 aliphatic carbocycles. The predicted octanol–water partition coefficient (Wildman–Crippen LogP) is 3.57. The minimum atomic E-state index is 0.315. The zero-order chi connectivity index (χ0) is 13.5. The zero-order valence-electron chi connectivity index (χ0n) is 11.4. The standard InChI is InChI=1S/C15H20N2OS/c1-12-11-17-15(19-12)13(2)16-9-6-10-18-14-7-4-3-5-8-14/h3-5,7-8,11,13,16H,6,9-10H2,1-2H3. The number of rotatable bonds is 7. The summed E-state index contributed by atoms with van der Waals surface area (Å²) >= 11 is 1.75. The first-order valence-corrected chi connectivity index (χ1v) is 7.41. The molecular formula is C15H20N2OS. The molecule has 102 valence electrons. The predicted molar refractivity (Wildman–Crippen MR) is 79.8 cm³/mol. The molecule has 0 aliphatic heterocycles. The average Bonchev–Trinajstić information content (AvgIpc) is 2.86. The maximum absolute atomic E-state index is 5.64. The van der Waals surface area contributed by atoms with E-state index in [-0.39, 0.29) is 0 Å². The second kappa shape index (κ2) is 7.26. The van der Waals surface area contributed by atoms with Gasteiger partial charge in [-0.15, -0.1) is 11.3 Å². The number of thiazole rings is 1. The molecule has 0 bridgehead atoms. The second-order valence-corrected chi connectivity index (χ2v) is 5.77. The summed E-state index contributed by atoms with van der Waals surface area (Å²) in [5.41, 5.74) is 0. The molecule has 1 aromatic carbocycles. The average molecular weight is 276 g/mol. The van der Waals surface area contributed by atoms with Crippen LogP contribution in [0.3, 0.4) is 0 Å². The van der Waals surface area contributed by atoms with E-state index in [1.165, 1.54) is 4.88 Å². The fraction of sp³-hybridized carbons (Fsp3) is 0.400. The third-order valence-electron chi connectivity index (χ3n) is 2.79. The fourth-order valence-corrected chi connectivity index (χ4v) is 2.56. The number of nitrogens with zero attached hydrogens (tertiary/aromatic N) is 1. The van der Waals surface area contributed by atoms with Gasteiger partial charge in [-0.05, 0) is 38.9 Å². The summed E-state index contributed by atoms with van der Waals surface area (Å²) in [4.78, 5) is 5.65. The van der Waals surface area contributed by atoms with Crippen molar-refractivity contribution in [3.05, 3.63) is 46.4 Å². The Morgan fingerprint density at radius 2 is 2.11 bits per heavy atom. The molecular weight excluding hydrogens is 256 g/mol. The first kappa shape index (κ1) is 14.0. The highest BCUT2D eigenvalue weighted by Crippen LogP contribution is 2.18. The smallest absolute Gasteiger partial charge is 0.119 e. The van der Waals surface area contributed by atoms with Crippen LogP contribution in [0, 0.1) is 6.92 Å². The molecule has 0 spiro atoms. The first-order chi connectivity index (χ1) is 9.25. The molecule has 1 unspecified atom stereocenters. The van der Waals surface area contributed by atoms with Crippen molar-refractivity contribution in [3.63, 3.8) is 0 Å². The van der Waals surface area contributed by atoms with Gasteiger partial charge in [0.2, 0.25) is 0 Å². The van der Waals surface area contributed by atoms with Crippen LogP contribution in [0.25, 0.3) is 0 Å². The molecule has 2 aromatic rings. The van der Waals surface area contributed by atoms with E-state index in [0.29, 0.717) is 6.04 Å². The largest absolute Gasteiger partial charge is 0.494 e. The number of nitrogens with one attached hydrogen (secondary N) is 1. The Morgan fingerprint density at radius 3 is 2.79 bits per heavy atom. The van der Waals surface area contributed by atoms with Crippen LogP contribution in [0.15, 0.2) is 36.5 Å². The van der Waals surface area contributed by atoms with Crippen LogP contribution in [-0.4, -0.2) is 18.1 Å². The lowest BCUT2D eigenvalue weighted by atomic mass is 10.3. The van der Waals surface area contributed by atoms with E-state index >= 15 is 0 Å². The van der Waals surface area contributed by atoms with Crippen molar-refractivity contribution in [2.24, 2.45) is 0 Å². The van der Waals surface area contributed by atoms with Crippen molar-refractivity contribution >= 4 is 11.3 Å². The molecule has 0 saturated heterocycles. The number of hydrogen-bond donors (Lipinski definition) is 1. The molecule has 0 aliphatic rings. The number of ether oxygens (including phenoxy) is 1. The molecule has 19 heavy (non-hydrogen) atoms. The van der Waals surface area contributed by atoms with E-state index in [0.717, 1.165) is 30.3 Å². The van der Waals surface area contributed by atoms with Gasteiger partial charge in [-0.25, -0.2) is 4.98 Å². The lowest BCUT2D eigenvalue weighted by Crippen LogP contribution is -2.21. The molecule has 1 N–H and O–H groups in total. The van der Waals surface area contributed by atoms with Crippen LogP contribution in [0.2, 0.25) is 0 Å². The van der Waals surface area contributed by atoms with E-state index in [2.05, 4.69) is 24.1 Å². The van der Waals surface area contributed by atoms with E-state index in [4.69, 9.17) is 4.74 Å². The highest BCUT2D eigenvalue weighted by atomic mass is 32.1. The quantitative estimate of drug-likeness (QED) is 0.785. The highest BCUT2D eigenvalue weighted by molar-refractivity contribution is 7.11. The van der Waals surface area contributed by atoms with E-state index in [1.807, 2.05) is 36.5 Å². The van der Waals surface area contributed by atoms with Gasteiger partial charge in [0.15, 0.2) is 0 Å². The Morgan fingerprint density at radius 1 is 1.32 bits per heavy atom. The van der Waals surface area contributed by atoms with Gasteiger partial charge in [0.25, 0.3) is 0 Å². The Kier molecular flexibility index (Phi) is 5.36. The van der Waals surface area contributed by atoms with E-state index in [1.54, 1.807) is 11.3 Å². The molecule has 0 amide bonds. The van der Waals surface area contributed by atoms with Crippen molar-refractivity contribution in [2.45, 2.75) is 26.3 Å². The second-order valence-electron chi connectivity index (χ2n) is 4.50. The Bertz CT molecular complexity index is 484. The maximum atomic E-state index is 5.64. The molecule has 4 heteroatoms. The summed E-state index contributed by atoms with van der Waals surface area (Å²) in [6, 6.07) is 10.2. The van der Waals surface area contributed by atoms with Gasteiger partial charge in [0.05, 0.1) is 12.6 Å². The van der Waals surface area contributed by atoms with Gasteiger partial charge in [0.1, 0.15) is 10.8 Å².